The van der Waals surface area contributed by atoms with Crippen molar-refractivity contribution in [2.75, 3.05) is 19.7 Å². The summed E-state index contributed by atoms with van der Waals surface area (Å²) in [7, 11) is 0. The van der Waals surface area contributed by atoms with Crippen LogP contribution in [0.1, 0.15) is 34.8 Å². The first-order valence-electron chi connectivity index (χ1n) is 8.79. The van der Waals surface area contributed by atoms with Gasteiger partial charge in [0.05, 0.1) is 18.2 Å². The van der Waals surface area contributed by atoms with Crippen molar-refractivity contribution < 1.29 is 9.53 Å². The zero-order valence-electron chi connectivity index (χ0n) is 14.8. The zero-order valence-corrected chi connectivity index (χ0v) is 14.8. The summed E-state index contributed by atoms with van der Waals surface area (Å²) in [5.41, 5.74) is 2.27. The van der Waals surface area contributed by atoms with Crippen LogP contribution in [0.3, 0.4) is 0 Å². The summed E-state index contributed by atoms with van der Waals surface area (Å²) < 4.78 is 5.36. The molecule has 2 aromatic rings. The molecule has 3 rings (SSSR count). The second-order valence-electron chi connectivity index (χ2n) is 6.32. The molecular weight excluding hydrogens is 328 g/mol. The van der Waals surface area contributed by atoms with Crippen molar-refractivity contribution >= 4 is 5.91 Å². The Balaban J connectivity index is 1.50. The minimum absolute atomic E-state index is 0.0935. The molecule has 134 valence electrons. The van der Waals surface area contributed by atoms with Gasteiger partial charge in [0.15, 0.2) is 0 Å². The average Bonchev–Trinajstić information content (AvgIpc) is 3.10. The standard InChI is InChI=1S/C20H22N4O2/c1-2-26-19-8-5-16(12-22-19)13-24-10-9-18(14-24)23-20(25)17-6-3-15(11-21)4-7-17/h3-8,12,18H,2,9-10,13-14H2,1H3,(H,23,25)/t18-/m1/s1. The molecule has 1 amide bonds. The highest BCUT2D eigenvalue weighted by Gasteiger charge is 2.24. The van der Waals surface area contributed by atoms with Gasteiger partial charge in [-0.1, -0.05) is 6.07 Å². The summed E-state index contributed by atoms with van der Waals surface area (Å²) in [5.74, 6) is 0.550. The van der Waals surface area contributed by atoms with Gasteiger partial charge in [-0.25, -0.2) is 4.98 Å². The van der Waals surface area contributed by atoms with Crippen LogP contribution in [0.15, 0.2) is 42.6 Å². The Morgan fingerprint density at radius 1 is 1.35 bits per heavy atom. The number of carbonyl (C=O) groups excluding carboxylic acids is 1. The van der Waals surface area contributed by atoms with Crippen LogP contribution < -0.4 is 10.1 Å². The molecule has 1 aliphatic heterocycles. The van der Waals surface area contributed by atoms with Crippen molar-refractivity contribution in [3.63, 3.8) is 0 Å². The number of pyridine rings is 1. The van der Waals surface area contributed by atoms with Crippen LogP contribution in [-0.2, 0) is 6.54 Å². The Labute approximate surface area is 153 Å². The summed E-state index contributed by atoms with van der Waals surface area (Å²) in [6.45, 7) is 5.11. The molecule has 1 saturated heterocycles. The first-order valence-corrected chi connectivity index (χ1v) is 8.79. The molecule has 1 atom stereocenters. The number of hydrogen-bond donors (Lipinski definition) is 1. The number of likely N-dealkylation sites (tertiary alicyclic amines) is 1. The second-order valence-corrected chi connectivity index (χ2v) is 6.32. The first kappa shape index (κ1) is 17.9. The Bertz CT molecular complexity index is 781. The molecule has 1 aromatic carbocycles. The van der Waals surface area contributed by atoms with E-state index in [9.17, 15) is 4.79 Å². The lowest BCUT2D eigenvalue weighted by Gasteiger charge is -2.17. The summed E-state index contributed by atoms with van der Waals surface area (Å²) in [4.78, 5) is 18.9. The molecule has 1 N–H and O–H groups in total. The van der Waals surface area contributed by atoms with Crippen LogP contribution in [0.5, 0.6) is 5.88 Å². The average molecular weight is 350 g/mol. The topological polar surface area (TPSA) is 78.2 Å². The molecule has 6 nitrogen and oxygen atoms in total. The van der Waals surface area contributed by atoms with Crippen LogP contribution in [0, 0.1) is 11.3 Å². The lowest BCUT2D eigenvalue weighted by Crippen LogP contribution is -2.37. The van der Waals surface area contributed by atoms with Crippen LogP contribution in [0.4, 0.5) is 0 Å². The summed E-state index contributed by atoms with van der Waals surface area (Å²) in [6.07, 6.45) is 2.76. The fraction of sp³-hybridized carbons (Fsp3) is 0.350. The number of nitrogens with zero attached hydrogens (tertiary/aromatic N) is 3. The highest BCUT2D eigenvalue weighted by Crippen LogP contribution is 2.15. The number of aromatic nitrogens is 1. The molecule has 0 spiro atoms. The molecule has 1 aromatic heterocycles. The van der Waals surface area contributed by atoms with Crippen molar-refractivity contribution in [3.05, 3.63) is 59.3 Å². The van der Waals surface area contributed by atoms with E-state index in [0.29, 0.717) is 23.6 Å². The number of nitrogens with one attached hydrogen (secondary N) is 1. The number of carbonyl (C=O) groups is 1. The molecule has 6 heteroatoms. The van der Waals surface area contributed by atoms with Gasteiger partial charge in [0, 0.05) is 43.5 Å². The fourth-order valence-corrected chi connectivity index (χ4v) is 3.05. The zero-order chi connectivity index (χ0) is 18.4. The lowest BCUT2D eigenvalue weighted by atomic mass is 10.1. The Morgan fingerprint density at radius 3 is 2.81 bits per heavy atom. The molecule has 26 heavy (non-hydrogen) atoms. The van der Waals surface area contributed by atoms with Crippen LogP contribution in [0.2, 0.25) is 0 Å². The first-order chi connectivity index (χ1) is 12.7. The maximum atomic E-state index is 12.3. The van der Waals surface area contributed by atoms with Crippen molar-refractivity contribution in [2.45, 2.75) is 25.9 Å². The van der Waals surface area contributed by atoms with Gasteiger partial charge in [0.2, 0.25) is 5.88 Å². The van der Waals surface area contributed by atoms with Gasteiger partial charge >= 0.3 is 0 Å². The smallest absolute Gasteiger partial charge is 0.251 e. The minimum Gasteiger partial charge on any atom is -0.478 e. The van der Waals surface area contributed by atoms with E-state index in [2.05, 4.69) is 21.3 Å². The monoisotopic (exact) mass is 350 g/mol. The van der Waals surface area contributed by atoms with Gasteiger partial charge in [-0.3, -0.25) is 9.69 Å². The summed E-state index contributed by atoms with van der Waals surface area (Å²) in [5, 5.41) is 11.9. The van der Waals surface area contributed by atoms with Gasteiger partial charge < -0.3 is 10.1 Å². The predicted molar refractivity (Wildman–Crippen MR) is 97.7 cm³/mol. The molecule has 0 unspecified atom stereocenters. The van der Waals surface area contributed by atoms with Crippen molar-refractivity contribution in [1.82, 2.24) is 15.2 Å². The van der Waals surface area contributed by atoms with E-state index in [4.69, 9.17) is 10.00 Å². The van der Waals surface area contributed by atoms with Crippen molar-refractivity contribution in [1.29, 1.82) is 5.26 Å². The predicted octanol–water partition coefficient (Wildman–Crippen LogP) is 2.36. The van der Waals surface area contributed by atoms with Crippen molar-refractivity contribution in [3.8, 4) is 11.9 Å². The molecule has 2 heterocycles. The third-order valence-corrected chi connectivity index (χ3v) is 4.38. The lowest BCUT2D eigenvalue weighted by molar-refractivity contribution is 0.0937. The van der Waals surface area contributed by atoms with E-state index in [1.54, 1.807) is 24.3 Å². The number of hydrogen-bond acceptors (Lipinski definition) is 5. The molecule has 0 bridgehead atoms. The van der Waals surface area contributed by atoms with E-state index in [-0.39, 0.29) is 11.9 Å². The molecular formula is C20H22N4O2. The molecule has 0 saturated carbocycles. The number of rotatable bonds is 6. The molecule has 1 fully saturated rings. The number of amides is 1. The van der Waals surface area contributed by atoms with Crippen LogP contribution in [-0.4, -0.2) is 41.5 Å². The Morgan fingerprint density at radius 2 is 2.15 bits per heavy atom. The largest absolute Gasteiger partial charge is 0.478 e. The van der Waals surface area contributed by atoms with Gasteiger partial charge in [-0.2, -0.15) is 5.26 Å². The number of nitriles is 1. The maximum Gasteiger partial charge on any atom is 0.251 e. The summed E-state index contributed by atoms with van der Waals surface area (Å²) in [6, 6.07) is 12.8. The normalized spacial score (nSPS) is 16.8. The Hall–Kier alpha value is -2.91. The van der Waals surface area contributed by atoms with Gasteiger partial charge in [-0.15, -0.1) is 0 Å². The number of benzene rings is 1. The Kier molecular flexibility index (Phi) is 5.82. The highest BCUT2D eigenvalue weighted by atomic mass is 16.5. The maximum absolute atomic E-state index is 12.3. The third kappa shape index (κ3) is 4.58. The summed E-state index contributed by atoms with van der Waals surface area (Å²) >= 11 is 0. The highest BCUT2D eigenvalue weighted by molar-refractivity contribution is 5.94. The second kappa shape index (κ2) is 8.45. The van der Waals surface area contributed by atoms with Crippen LogP contribution in [0.25, 0.3) is 0 Å². The third-order valence-electron chi connectivity index (χ3n) is 4.38. The van der Waals surface area contributed by atoms with Gasteiger partial charge in [-0.05, 0) is 43.2 Å². The quantitative estimate of drug-likeness (QED) is 0.865. The van der Waals surface area contributed by atoms with E-state index in [1.807, 2.05) is 25.3 Å². The van der Waals surface area contributed by atoms with Gasteiger partial charge in [0.25, 0.3) is 5.91 Å². The fourth-order valence-electron chi connectivity index (χ4n) is 3.05. The number of ether oxygens (including phenoxy) is 1. The van der Waals surface area contributed by atoms with E-state index >= 15 is 0 Å². The minimum atomic E-state index is -0.0935. The molecule has 1 aliphatic rings. The van der Waals surface area contributed by atoms with Gasteiger partial charge in [0.1, 0.15) is 0 Å². The molecule has 0 radical (unpaired) electrons. The SMILES string of the molecule is CCOc1ccc(CN2CC[C@@H](NC(=O)c3ccc(C#N)cc3)C2)cn1. The van der Waals surface area contributed by atoms with E-state index < -0.39 is 0 Å². The van der Waals surface area contributed by atoms with Crippen LogP contribution >= 0.6 is 0 Å². The molecule has 0 aliphatic carbocycles. The van der Waals surface area contributed by atoms with Crippen molar-refractivity contribution in [2.24, 2.45) is 0 Å². The van der Waals surface area contributed by atoms with E-state index in [1.165, 1.54) is 0 Å². The van der Waals surface area contributed by atoms with E-state index in [0.717, 1.165) is 31.6 Å².